The Labute approximate surface area is 210 Å². The van der Waals surface area contributed by atoms with Crippen molar-refractivity contribution in [3.05, 3.63) is 71.6 Å². The molecule has 7 rings (SSSR count). The molecule has 1 amide bonds. The van der Waals surface area contributed by atoms with Crippen LogP contribution in [0.3, 0.4) is 0 Å². The minimum absolute atomic E-state index is 0.0136. The first-order valence-electron chi connectivity index (χ1n) is 11.9. The van der Waals surface area contributed by atoms with Gasteiger partial charge in [0.15, 0.2) is 11.6 Å². The minimum atomic E-state index is -0.541. The first-order valence-corrected chi connectivity index (χ1v) is 11.9. The number of amides is 1. The van der Waals surface area contributed by atoms with Crippen LogP contribution in [0.25, 0.3) is 21.9 Å². The van der Waals surface area contributed by atoms with Crippen LogP contribution in [0.2, 0.25) is 0 Å². The highest BCUT2D eigenvalue weighted by Crippen LogP contribution is 2.38. The molecule has 0 bridgehead atoms. The van der Waals surface area contributed by atoms with E-state index in [0.29, 0.717) is 46.1 Å². The van der Waals surface area contributed by atoms with Crippen LogP contribution in [0, 0.1) is 12.7 Å². The van der Waals surface area contributed by atoms with Crippen LogP contribution in [0.15, 0.2) is 43.0 Å². The van der Waals surface area contributed by atoms with Crippen LogP contribution in [0.5, 0.6) is 0 Å². The maximum atomic E-state index is 15.4. The summed E-state index contributed by atoms with van der Waals surface area (Å²) in [6, 6.07) is 5.57. The van der Waals surface area contributed by atoms with E-state index in [9.17, 15) is 4.79 Å². The lowest BCUT2D eigenvalue weighted by molar-refractivity contribution is -0.115. The van der Waals surface area contributed by atoms with E-state index >= 15 is 4.39 Å². The molecule has 0 saturated carbocycles. The van der Waals surface area contributed by atoms with Crippen molar-refractivity contribution < 1.29 is 9.18 Å². The van der Waals surface area contributed by atoms with E-state index < -0.39 is 5.82 Å². The molecule has 184 valence electrons. The number of rotatable bonds is 3. The van der Waals surface area contributed by atoms with Crippen molar-refractivity contribution in [3.8, 4) is 11.1 Å². The molecule has 0 fully saturated rings. The third-order valence-electron chi connectivity index (χ3n) is 7.12. The molecule has 0 aliphatic carbocycles. The van der Waals surface area contributed by atoms with E-state index in [0.717, 1.165) is 35.4 Å². The van der Waals surface area contributed by atoms with Crippen LogP contribution in [-0.4, -0.2) is 35.2 Å². The van der Waals surface area contributed by atoms with Gasteiger partial charge in [-0.1, -0.05) is 0 Å². The standard InChI is InChI=1S/C26H22FN9O/c1-13-17(10-30-19-9-23(37)33-26(13)19)16-6-14-7-20(31-11-18(14)25(28)24(16)27)32-21-8-15-2-4-35-5-3-29-22(35)12-36(15)34-21/h3,5-8,10-11H,2,4,9,12,28H2,1H3,(H,33,37)(H,31,32,34). The highest BCUT2D eigenvalue weighted by Gasteiger charge is 2.25. The van der Waals surface area contributed by atoms with E-state index in [1.165, 1.54) is 0 Å². The second kappa shape index (κ2) is 7.85. The van der Waals surface area contributed by atoms with E-state index in [1.807, 2.05) is 29.9 Å². The Kier molecular flexibility index (Phi) is 4.56. The van der Waals surface area contributed by atoms with Crippen LogP contribution in [0.1, 0.15) is 22.8 Å². The van der Waals surface area contributed by atoms with Crippen molar-refractivity contribution in [2.75, 3.05) is 16.4 Å². The van der Waals surface area contributed by atoms with Crippen LogP contribution in [-0.2, 0) is 30.7 Å². The van der Waals surface area contributed by atoms with Gasteiger partial charge in [0.1, 0.15) is 11.6 Å². The fraction of sp³-hybridized carbons (Fsp3) is 0.192. The molecular weight excluding hydrogens is 473 g/mol. The largest absolute Gasteiger partial charge is 0.396 e. The Morgan fingerprint density at radius 2 is 2.00 bits per heavy atom. The maximum Gasteiger partial charge on any atom is 0.230 e. The number of hydrogen-bond donors (Lipinski definition) is 3. The molecule has 5 aromatic rings. The Balaban J connectivity index is 1.25. The van der Waals surface area contributed by atoms with Gasteiger partial charge in [0.2, 0.25) is 5.91 Å². The molecule has 6 heterocycles. The predicted molar refractivity (Wildman–Crippen MR) is 137 cm³/mol. The van der Waals surface area contributed by atoms with Gasteiger partial charge in [0.05, 0.1) is 30.0 Å². The van der Waals surface area contributed by atoms with E-state index in [4.69, 9.17) is 10.8 Å². The van der Waals surface area contributed by atoms with Crippen LogP contribution >= 0.6 is 0 Å². The third kappa shape index (κ3) is 3.42. The zero-order valence-corrected chi connectivity index (χ0v) is 19.9. The lowest BCUT2D eigenvalue weighted by Crippen LogP contribution is -2.06. The lowest BCUT2D eigenvalue weighted by Gasteiger charge is -2.14. The fourth-order valence-corrected chi connectivity index (χ4v) is 5.17. The summed E-state index contributed by atoms with van der Waals surface area (Å²) in [5, 5.41) is 12.0. The molecule has 37 heavy (non-hydrogen) atoms. The van der Waals surface area contributed by atoms with Crippen LogP contribution in [0.4, 0.5) is 27.4 Å². The first kappa shape index (κ1) is 21.5. The fourth-order valence-electron chi connectivity index (χ4n) is 5.17. The monoisotopic (exact) mass is 495 g/mol. The number of nitrogens with two attached hydrogens (primary N) is 1. The van der Waals surface area contributed by atoms with Crippen molar-refractivity contribution in [3.63, 3.8) is 0 Å². The molecule has 4 N–H and O–H groups in total. The van der Waals surface area contributed by atoms with Gasteiger partial charge in [-0.3, -0.25) is 14.5 Å². The Hall–Kier alpha value is -4.80. The zero-order valence-electron chi connectivity index (χ0n) is 19.9. The molecule has 0 spiro atoms. The summed E-state index contributed by atoms with van der Waals surface area (Å²) in [4.78, 5) is 25.1. The van der Waals surface area contributed by atoms with Gasteiger partial charge in [0.25, 0.3) is 0 Å². The normalized spacial score (nSPS) is 14.2. The Morgan fingerprint density at radius 3 is 2.89 bits per heavy atom. The number of aryl methyl sites for hydroxylation is 2. The Morgan fingerprint density at radius 1 is 1.11 bits per heavy atom. The topological polar surface area (TPSA) is 129 Å². The zero-order chi connectivity index (χ0) is 25.3. The number of carbonyl (C=O) groups excluding carboxylic acids is 1. The van der Waals surface area contributed by atoms with E-state index in [2.05, 4.69) is 30.2 Å². The summed E-state index contributed by atoms with van der Waals surface area (Å²) >= 11 is 0. The molecule has 10 nitrogen and oxygen atoms in total. The number of pyridine rings is 2. The number of halogens is 1. The minimum Gasteiger partial charge on any atom is -0.396 e. The van der Waals surface area contributed by atoms with Gasteiger partial charge in [-0.2, -0.15) is 5.10 Å². The van der Waals surface area contributed by atoms with Gasteiger partial charge in [0, 0.05) is 66.0 Å². The first-order chi connectivity index (χ1) is 17.9. The number of benzene rings is 1. The average molecular weight is 496 g/mol. The maximum absolute atomic E-state index is 15.4. The lowest BCUT2D eigenvalue weighted by atomic mass is 9.96. The summed E-state index contributed by atoms with van der Waals surface area (Å²) in [6.07, 6.45) is 8.02. The van der Waals surface area contributed by atoms with Gasteiger partial charge in [-0.15, -0.1) is 0 Å². The number of nitrogen functional groups attached to an aromatic ring is 1. The molecule has 2 aliphatic heterocycles. The van der Waals surface area contributed by atoms with Crippen molar-refractivity contribution in [1.29, 1.82) is 0 Å². The molecule has 2 aliphatic rings. The number of fused-ring (bicyclic) bond motifs is 4. The number of aromatic nitrogens is 6. The molecule has 11 heteroatoms. The van der Waals surface area contributed by atoms with Crippen LogP contribution < -0.4 is 16.4 Å². The number of nitrogens with zero attached hydrogens (tertiary/aromatic N) is 6. The Bertz CT molecular complexity index is 1750. The van der Waals surface area contributed by atoms with Gasteiger partial charge < -0.3 is 20.9 Å². The number of hydrogen-bond acceptors (Lipinski definition) is 7. The highest BCUT2D eigenvalue weighted by molar-refractivity contribution is 6.02. The molecule has 0 radical (unpaired) electrons. The highest BCUT2D eigenvalue weighted by atomic mass is 19.1. The summed E-state index contributed by atoms with van der Waals surface area (Å²) < 4.78 is 19.5. The van der Waals surface area contributed by atoms with E-state index in [-0.39, 0.29) is 18.0 Å². The number of nitrogens with one attached hydrogen (secondary N) is 2. The number of carbonyl (C=O) groups is 1. The van der Waals surface area contributed by atoms with Crippen molar-refractivity contribution in [2.45, 2.75) is 32.9 Å². The van der Waals surface area contributed by atoms with Crippen molar-refractivity contribution in [2.24, 2.45) is 0 Å². The van der Waals surface area contributed by atoms with Crippen molar-refractivity contribution >= 4 is 39.7 Å². The summed E-state index contributed by atoms with van der Waals surface area (Å²) in [6.45, 7) is 3.29. The van der Waals surface area contributed by atoms with Gasteiger partial charge in [-0.25, -0.2) is 14.4 Å². The SMILES string of the molecule is Cc1c(-c2cc3cc(Nc4cc5n(n4)Cc4nccn4CC5)ncc3c(N)c2F)cnc2c1NC(=O)C2. The van der Waals surface area contributed by atoms with Gasteiger partial charge >= 0.3 is 0 Å². The predicted octanol–water partition coefficient (Wildman–Crippen LogP) is 3.56. The molecule has 1 aromatic carbocycles. The number of anilines is 4. The molecule has 4 aromatic heterocycles. The second-order valence-corrected chi connectivity index (χ2v) is 9.38. The van der Waals surface area contributed by atoms with Crippen molar-refractivity contribution in [1.82, 2.24) is 29.3 Å². The number of imidazole rings is 1. The third-order valence-corrected chi connectivity index (χ3v) is 7.12. The van der Waals surface area contributed by atoms with E-state index in [1.54, 1.807) is 24.7 Å². The molecule has 0 atom stereocenters. The second-order valence-electron chi connectivity index (χ2n) is 9.38. The summed E-state index contributed by atoms with van der Waals surface area (Å²) in [5.74, 6) is 1.55. The molecular formula is C26H22FN9O. The summed E-state index contributed by atoms with van der Waals surface area (Å²) in [5.41, 5.74) is 10.3. The molecule has 0 unspecified atom stereocenters. The quantitative estimate of drug-likeness (QED) is 0.327. The smallest absolute Gasteiger partial charge is 0.230 e. The summed E-state index contributed by atoms with van der Waals surface area (Å²) in [7, 11) is 0. The molecule has 0 saturated heterocycles. The van der Waals surface area contributed by atoms with Gasteiger partial charge in [-0.05, 0) is 30.0 Å². The average Bonchev–Trinajstić information content (AvgIpc) is 3.57.